The number of nitrogens with one attached hydrogen (secondary N) is 1. The molecule has 90 valence electrons. The molecule has 0 saturated carbocycles. The second-order valence-electron chi connectivity index (χ2n) is 3.98. The van der Waals surface area contributed by atoms with Crippen molar-refractivity contribution in [3.63, 3.8) is 0 Å². The molecule has 0 radical (unpaired) electrons. The number of carboxylic acids is 1. The Labute approximate surface area is 107 Å². The minimum absolute atomic E-state index is 0. The summed E-state index contributed by atoms with van der Waals surface area (Å²) < 4.78 is 0. The average molecular weight is 285 g/mol. The van der Waals surface area contributed by atoms with Crippen LogP contribution in [0.4, 0.5) is 0 Å². The van der Waals surface area contributed by atoms with Crippen LogP contribution < -0.4 is 5.32 Å². The Morgan fingerprint density at radius 2 is 1.88 bits per heavy atom. The van der Waals surface area contributed by atoms with Gasteiger partial charge in [0.05, 0.1) is 13.0 Å². The van der Waals surface area contributed by atoms with Crippen LogP contribution in [0, 0.1) is 5.41 Å². The third-order valence-electron chi connectivity index (χ3n) is 2.03. The molecule has 0 aromatic rings. The predicted molar refractivity (Wildman–Crippen MR) is 52.1 cm³/mol. The van der Waals surface area contributed by atoms with Gasteiger partial charge in [0.15, 0.2) is 0 Å². The first-order chi connectivity index (χ1) is 6.81. The smallest absolute Gasteiger partial charge is 0.305 e. The molecule has 16 heavy (non-hydrogen) atoms. The average Bonchev–Trinajstić information content (AvgIpc) is 2.15. The fourth-order valence-corrected chi connectivity index (χ4v) is 0.831. The van der Waals surface area contributed by atoms with E-state index in [1.165, 1.54) is 13.8 Å². The maximum atomic E-state index is 11.3. The first-order valence-corrected chi connectivity index (χ1v) is 4.59. The molecule has 0 heterocycles. The van der Waals surface area contributed by atoms with Gasteiger partial charge in [-0.15, -0.1) is 0 Å². The van der Waals surface area contributed by atoms with Gasteiger partial charge in [0.2, 0.25) is 5.91 Å². The summed E-state index contributed by atoms with van der Waals surface area (Å²) in [7, 11) is 0. The quantitative estimate of drug-likeness (QED) is 0.466. The molecule has 0 fully saturated rings. The van der Waals surface area contributed by atoms with Gasteiger partial charge in [0.25, 0.3) is 0 Å². The Bertz CT molecular complexity index is 244. The van der Waals surface area contributed by atoms with Crippen molar-refractivity contribution in [1.82, 2.24) is 5.32 Å². The topological polar surface area (TPSA) is 107 Å². The number of carbonyl (C=O) groups excluding carboxylic acids is 1. The summed E-state index contributed by atoms with van der Waals surface area (Å²) in [6.07, 6.45) is -1.55. The van der Waals surface area contributed by atoms with Gasteiger partial charge >= 0.3 is 5.97 Å². The number of hydrogen-bond acceptors (Lipinski definition) is 4. The molecule has 1 amide bonds. The summed E-state index contributed by atoms with van der Waals surface area (Å²) in [5.74, 6) is -1.69. The molecule has 0 rings (SSSR count). The Kier molecular flexibility index (Phi) is 8.61. The van der Waals surface area contributed by atoms with Crippen LogP contribution >= 0.6 is 0 Å². The molecule has 0 aliphatic rings. The summed E-state index contributed by atoms with van der Waals surface area (Å²) >= 11 is 0. The van der Waals surface area contributed by atoms with Gasteiger partial charge in [0.1, 0.15) is 6.10 Å². The monoisotopic (exact) mass is 283 g/mol. The third-order valence-corrected chi connectivity index (χ3v) is 2.03. The van der Waals surface area contributed by atoms with E-state index in [1.54, 1.807) is 0 Å². The number of aliphatic carboxylic acids is 1. The van der Waals surface area contributed by atoms with Crippen molar-refractivity contribution < 1.29 is 44.4 Å². The minimum atomic E-state index is -1.35. The fraction of sp³-hybridized carbons (Fsp3) is 0.778. The van der Waals surface area contributed by atoms with Crippen molar-refractivity contribution in [3.8, 4) is 0 Å². The van der Waals surface area contributed by atoms with Crippen LogP contribution in [-0.2, 0) is 29.1 Å². The first-order valence-electron chi connectivity index (χ1n) is 4.59. The van der Waals surface area contributed by atoms with E-state index in [4.69, 9.17) is 10.2 Å². The van der Waals surface area contributed by atoms with E-state index < -0.39 is 23.4 Å². The van der Waals surface area contributed by atoms with Crippen molar-refractivity contribution >= 4 is 11.9 Å². The van der Waals surface area contributed by atoms with E-state index in [1.807, 2.05) is 0 Å². The number of aliphatic hydroxyl groups excluding tert-OH is 2. The van der Waals surface area contributed by atoms with Crippen LogP contribution in [0.15, 0.2) is 0 Å². The minimum Gasteiger partial charge on any atom is -0.481 e. The van der Waals surface area contributed by atoms with Gasteiger partial charge < -0.3 is 20.6 Å². The molecule has 6 nitrogen and oxygen atoms in total. The summed E-state index contributed by atoms with van der Waals surface area (Å²) in [4.78, 5) is 21.4. The van der Waals surface area contributed by atoms with E-state index in [0.717, 1.165) is 0 Å². The second kappa shape index (κ2) is 7.71. The zero-order valence-corrected chi connectivity index (χ0v) is 12.5. The summed E-state index contributed by atoms with van der Waals surface area (Å²) in [5, 5.41) is 29.0. The summed E-state index contributed by atoms with van der Waals surface area (Å²) in [6, 6.07) is 0. The van der Waals surface area contributed by atoms with Crippen molar-refractivity contribution in [3.05, 3.63) is 0 Å². The normalized spacial score (nSPS) is 12.5. The Balaban J connectivity index is 0. The van der Waals surface area contributed by atoms with Crippen LogP contribution in [-0.4, -0.2) is 46.5 Å². The Hall–Kier alpha value is -0.517. The Morgan fingerprint density at radius 3 is 2.25 bits per heavy atom. The van der Waals surface area contributed by atoms with Gasteiger partial charge in [-0.25, -0.2) is 0 Å². The standard InChI is InChI=1S/C9H17NO5.Zn/c1-9(2,5-11)7(14)8(15)10-4-3-6(12)13;/h7,11,14H,3-5H2,1-2H3,(H,10,15)(H,12,13);. The van der Waals surface area contributed by atoms with Crippen molar-refractivity contribution in [2.75, 3.05) is 13.2 Å². The van der Waals surface area contributed by atoms with Crippen molar-refractivity contribution in [2.45, 2.75) is 26.4 Å². The molecule has 7 heteroatoms. The third kappa shape index (κ3) is 6.15. The van der Waals surface area contributed by atoms with E-state index in [2.05, 4.69) is 5.32 Å². The van der Waals surface area contributed by atoms with E-state index in [0.29, 0.717) is 0 Å². The SMILES string of the molecule is CC(C)(CO)C(O)C(=O)NCCC(=O)O.[Zn]. The second-order valence-corrected chi connectivity index (χ2v) is 3.98. The molecule has 0 aliphatic carbocycles. The van der Waals surface area contributed by atoms with E-state index >= 15 is 0 Å². The van der Waals surface area contributed by atoms with Crippen LogP contribution in [0.2, 0.25) is 0 Å². The number of rotatable bonds is 6. The molecule has 4 N–H and O–H groups in total. The maximum Gasteiger partial charge on any atom is 0.305 e. The summed E-state index contributed by atoms with van der Waals surface area (Å²) in [6.45, 7) is 2.70. The van der Waals surface area contributed by atoms with E-state index in [-0.39, 0.29) is 39.1 Å². The largest absolute Gasteiger partial charge is 0.481 e. The van der Waals surface area contributed by atoms with E-state index in [9.17, 15) is 14.7 Å². The zero-order chi connectivity index (χ0) is 12.1. The number of aliphatic hydroxyl groups is 2. The van der Waals surface area contributed by atoms with Crippen molar-refractivity contribution in [1.29, 1.82) is 0 Å². The predicted octanol–water partition coefficient (Wildman–Crippen LogP) is -1.05. The number of carbonyl (C=O) groups is 2. The van der Waals surface area contributed by atoms with Gasteiger partial charge in [-0.2, -0.15) is 0 Å². The first kappa shape index (κ1) is 17.9. The van der Waals surface area contributed by atoms with Crippen LogP contribution in [0.1, 0.15) is 20.3 Å². The fourth-order valence-electron chi connectivity index (χ4n) is 0.831. The zero-order valence-electron chi connectivity index (χ0n) is 9.56. The molecular formula is C9H17NO5Zn. The summed E-state index contributed by atoms with van der Waals surface area (Å²) in [5.41, 5.74) is -0.937. The van der Waals surface area contributed by atoms with Crippen LogP contribution in [0.5, 0.6) is 0 Å². The van der Waals surface area contributed by atoms with Crippen molar-refractivity contribution in [2.24, 2.45) is 5.41 Å². The molecule has 0 spiro atoms. The molecule has 0 aliphatic heterocycles. The van der Waals surface area contributed by atoms with Crippen LogP contribution in [0.3, 0.4) is 0 Å². The molecule has 0 saturated heterocycles. The number of hydrogen-bond donors (Lipinski definition) is 4. The number of amides is 1. The molecule has 0 bridgehead atoms. The van der Waals surface area contributed by atoms with Gasteiger partial charge in [-0.1, -0.05) is 13.8 Å². The number of carboxylic acid groups (broad SMARTS) is 1. The van der Waals surface area contributed by atoms with Gasteiger partial charge in [0, 0.05) is 31.4 Å². The molecule has 1 atom stereocenters. The van der Waals surface area contributed by atoms with Gasteiger partial charge in [-0.3, -0.25) is 9.59 Å². The molecular weight excluding hydrogens is 267 g/mol. The molecule has 0 aromatic carbocycles. The molecule has 0 aromatic heterocycles. The van der Waals surface area contributed by atoms with Gasteiger partial charge in [-0.05, 0) is 0 Å². The Morgan fingerprint density at radius 1 is 1.38 bits per heavy atom. The maximum absolute atomic E-state index is 11.3. The van der Waals surface area contributed by atoms with Crippen LogP contribution in [0.25, 0.3) is 0 Å². The molecule has 1 unspecified atom stereocenters.